The van der Waals surface area contributed by atoms with Crippen LogP contribution in [0.2, 0.25) is 0 Å². The molecule has 1 heterocycles. The Bertz CT molecular complexity index is 307. The number of hydrogen-bond acceptors (Lipinski definition) is 3. The fourth-order valence-corrected chi connectivity index (χ4v) is 1.16. The van der Waals surface area contributed by atoms with Crippen molar-refractivity contribution in [1.82, 2.24) is 4.98 Å². The summed E-state index contributed by atoms with van der Waals surface area (Å²) in [6, 6.07) is 3.70. The molecule has 0 saturated carbocycles. The van der Waals surface area contributed by atoms with Crippen molar-refractivity contribution in [2.45, 2.75) is 32.7 Å². The maximum atomic E-state index is 5.71. The summed E-state index contributed by atoms with van der Waals surface area (Å²) >= 11 is 0. The predicted octanol–water partition coefficient (Wildman–Crippen LogP) is 2.29. The monoisotopic (exact) mass is 193 g/mol. The van der Waals surface area contributed by atoms with Crippen molar-refractivity contribution in [3.05, 3.63) is 18.3 Å². The molecule has 0 aliphatic heterocycles. The van der Waals surface area contributed by atoms with Crippen LogP contribution >= 0.6 is 0 Å². The van der Waals surface area contributed by atoms with E-state index in [9.17, 15) is 0 Å². The Kier molecular flexibility index (Phi) is 2.99. The van der Waals surface area contributed by atoms with Gasteiger partial charge in [0.2, 0.25) is 0 Å². The average Bonchev–Trinajstić information content (AvgIpc) is 2.16. The summed E-state index contributed by atoms with van der Waals surface area (Å²) in [5.74, 6) is 0.928. The quantitative estimate of drug-likeness (QED) is 0.800. The van der Waals surface area contributed by atoms with Crippen molar-refractivity contribution in [3.63, 3.8) is 0 Å². The topological polar surface area (TPSA) is 42.1 Å². The van der Waals surface area contributed by atoms with Gasteiger partial charge >= 0.3 is 0 Å². The Balaban J connectivity index is 2.94. The van der Waals surface area contributed by atoms with Crippen LogP contribution in [0.25, 0.3) is 0 Å². The number of rotatable bonds is 3. The lowest BCUT2D eigenvalue weighted by atomic mass is 10.00. The van der Waals surface area contributed by atoms with Crippen LogP contribution in [-0.4, -0.2) is 17.6 Å². The molecule has 14 heavy (non-hydrogen) atoms. The lowest BCUT2D eigenvalue weighted by molar-refractivity contribution is 0.467. The Labute approximate surface area is 85.9 Å². The van der Waals surface area contributed by atoms with Crippen LogP contribution in [0.15, 0.2) is 18.3 Å². The van der Waals surface area contributed by atoms with Crippen LogP contribution in [0.5, 0.6) is 0 Å². The van der Waals surface area contributed by atoms with Gasteiger partial charge in [-0.3, -0.25) is 0 Å². The second-order valence-corrected chi connectivity index (χ2v) is 4.17. The first-order valence-electron chi connectivity index (χ1n) is 4.92. The molecule has 0 unspecified atom stereocenters. The molecule has 0 spiro atoms. The fraction of sp³-hybridized carbons (Fsp3) is 0.545. The molecule has 3 nitrogen and oxygen atoms in total. The van der Waals surface area contributed by atoms with Crippen molar-refractivity contribution in [2.24, 2.45) is 0 Å². The zero-order valence-corrected chi connectivity index (χ0v) is 9.41. The molecule has 1 aromatic heterocycles. The molecule has 0 aromatic carbocycles. The molecular weight excluding hydrogens is 174 g/mol. The summed E-state index contributed by atoms with van der Waals surface area (Å²) in [6.45, 7) is 6.55. The maximum absolute atomic E-state index is 5.71. The van der Waals surface area contributed by atoms with Crippen LogP contribution in [0.1, 0.15) is 27.2 Å². The summed E-state index contributed by atoms with van der Waals surface area (Å²) in [5, 5.41) is 0. The van der Waals surface area contributed by atoms with Crippen molar-refractivity contribution in [1.29, 1.82) is 0 Å². The zero-order valence-electron chi connectivity index (χ0n) is 9.41. The third-order valence-corrected chi connectivity index (χ3v) is 2.89. The van der Waals surface area contributed by atoms with Gasteiger partial charge in [-0.2, -0.15) is 0 Å². The second kappa shape index (κ2) is 3.86. The summed E-state index contributed by atoms with van der Waals surface area (Å²) in [7, 11) is 2.05. The molecule has 2 N–H and O–H groups in total. The lowest BCUT2D eigenvalue weighted by Gasteiger charge is -2.35. The Morgan fingerprint density at radius 2 is 2.14 bits per heavy atom. The SMILES string of the molecule is CCC(C)(C)N(C)c1cc(N)ccn1. The summed E-state index contributed by atoms with van der Waals surface area (Å²) in [6.07, 6.45) is 2.81. The normalized spacial score (nSPS) is 11.4. The number of hydrogen-bond donors (Lipinski definition) is 1. The van der Waals surface area contributed by atoms with Gasteiger partial charge in [0.25, 0.3) is 0 Å². The van der Waals surface area contributed by atoms with Crippen LogP contribution in [0.4, 0.5) is 11.5 Å². The van der Waals surface area contributed by atoms with E-state index < -0.39 is 0 Å². The molecule has 0 aliphatic carbocycles. The smallest absolute Gasteiger partial charge is 0.130 e. The van der Waals surface area contributed by atoms with E-state index in [4.69, 9.17) is 5.73 Å². The number of pyridine rings is 1. The standard InChI is InChI=1S/C11H19N3/c1-5-11(2,3)14(4)10-8-9(12)6-7-13-10/h6-8H,5H2,1-4H3,(H2,12,13). The second-order valence-electron chi connectivity index (χ2n) is 4.17. The van der Waals surface area contributed by atoms with Gasteiger partial charge in [0.15, 0.2) is 0 Å². The van der Waals surface area contributed by atoms with Gasteiger partial charge in [-0.1, -0.05) is 6.92 Å². The van der Waals surface area contributed by atoms with Gasteiger partial charge in [-0.25, -0.2) is 4.98 Å². The van der Waals surface area contributed by atoms with E-state index in [-0.39, 0.29) is 5.54 Å². The van der Waals surface area contributed by atoms with Crippen molar-refractivity contribution in [2.75, 3.05) is 17.7 Å². The Morgan fingerprint density at radius 1 is 1.50 bits per heavy atom. The van der Waals surface area contributed by atoms with E-state index in [0.29, 0.717) is 0 Å². The van der Waals surface area contributed by atoms with E-state index in [1.807, 2.05) is 13.1 Å². The van der Waals surface area contributed by atoms with Crippen LogP contribution in [0.3, 0.4) is 0 Å². The van der Waals surface area contributed by atoms with E-state index in [0.717, 1.165) is 17.9 Å². The van der Waals surface area contributed by atoms with E-state index >= 15 is 0 Å². The molecule has 0 bridgehead atoms. The van der Waals surface area contributed by atoms with Crippen molar-refractivity contribution < 1.29 is 0 Å². The maximum Gasteiger partial charge on any atom is 0.130 e. The number of anilines is 2. The van der Waals surface area contributed by atoms with E-state index in [2.05, 4.69) is 30.7 Å². The van der Waals surface area contributed by atoms with Gasteiger partial charge < -0.3 is 10.6 Å². The summed E-state index contributed by atoms with van der Waals surface area (Å²) < 4.78 is 0. The zero-order chi connectivity index (χ0) is 10.8. The van der Waals surface area contributed by atoms with Crippen molar-refractivity contribution in [3.8, 4) is 0 Å². The third kappa shape index (κ3) is 2.16. The number of nitrogens with two attached hydrogens (primary N) is 1. The fourth-order valence-electron chi connectivity index (χ4n) is 1.16. The molecule has 0 aliphatic rings. The first-order chi connectivity index (χ1) is 6.47. The molecule has 3 heteroatoms. The minimum atomic E-state index is 0.112. The number of nitrogen functional groups attached to an aromatic ring is 1. The highest BCUT2D eigenvalue weighted by atomic mass is 15.2. The van der Waals surface area contributed by atoms with Gasteiger partial charge in [0, 0.05) is 30.5 Å². The minimum absolute atomic E-state index is 0.112. The highest BCUT2D eigenvalue weighted by Gasteiger charge is 2.22. The molecule has 78 valence electrons. The number of aromatic nitrogens is 1. The third-order valence-electron chi connectivity index (χ3n) is 2.89. The Hall–Kier alpha value is -1.25. The number of nitrogens with zero attached hydrogens (tertiary/aromatic N) is 2. The van der Waals surface area contributed by atoms with Crippen LogP contribution in [0, 0.1) is 0 Å². The highest BCUT2D eigenvalue weighted by Crippen LogP contribution is 2.23. The highest BCUT2D eigenvalue weighted by molar-refractivity contribution is 5.51. The summed E-state index contributed by atoms with van der Waals surface area (Å²) in [4.78, 5) is 6.46. The van der Waals surface area contributed by atoms with Crippen LogP contribution in [-0.2, 0) is 0 Å². The van der Waals surface area contributed by atoms with Crippen molar-refractivity contribution >= 4 is 11.5 Å². The predicted molar refractivity (Wildman–Crippen MR) is 61.4 cm³/mol. The molecular formula is C11H19N3. The minimum Gasteiger partial charge on any atom is -0.399 e. The van der Waals surface area contributed by atoms with Gasteiger partial charge in [0.1, 0.15) is 5.82 Å². The average molecular weight is 193 g/mol. The molecule has 0 radical (unpaired) electrons. The van der Waals surface area contributed by atoms with Gasteiger partial charge in [-0.15, -0.1) is 0 Å². The van der Waals surface area contributed by atoms with E-state index in [1.165, 1.54) is 0 Å². The largest absolute Gasteiger partial charge is 0.399 e. The molecule has 0 atom stereocenters. The molecule has 0 fully saturated rings. The lowest BCUT2D eigenvalue weighted by Crippen LogP contribution is -2.41. The van der Waals surface area contributed by atoms with E-state index in [1.54, 1.807) is 12.3 Å². The Morgan fingerprint density at radius 3 is 2.64 bits per heavy atom. The molecule has 0 saturated heterocycles. The molecule has 1 aromatic rings. The molecule has 0 amide bonds. The molecule has 1 rings (SSSR count). The van der Waals surface area contributed by atoms with Gasteiger partial charge in [0.05, 0.1) is 0 Å². The first kappa shape index (κ1) is 10.8. The first-order valence-corrected chi connectivity index (χ1v) is 4.92. The summed E-state index contributed by atoms with van der Waals surface area (Å²) in [5.41, 5.74) is 6.58. The van der Waals surface area contributed by atoms with Crippen LogP contribution < -0.4 is 10.6 Å². The van der Waals surface area contributed by atoms with Gasteiger partial charge in [-0.05, 0) is 26.3 Å².